The van der Waals surface area contributed by atoms with Crippen LogP contribution in [0, 0.1) is 0 Å². The van der Waals surface area contributed by atoms with E-state index in [-0.39, 0.29) is 0 Å². The summed E-state index contributed by atoms with van der Waals surface area (Å²) in [6.07, 6.45) is 10.5. The zero-order chi connectivity index (χ0) is 8.39. The van der Waals surface area contributed by atoms with Gasteiger partial charge in [-0.25, -0.2) is 0 Å². The van der Waals surface area contributed by atoms with Crippen molar-refractivity contribution in [3.05, 3.63) is 47.5 Å². The van der Waals surface area contributed by atoms with E-state index >= 15 is 0 Å². The van der Waals surface area contributed by atoms with Crippen LogP contribution in [0.25, 0.3) is 0 Å². The fourth-order valence-electron chi connectivity index (χ4n) is 1.27. The number of aldehydes is 1. The van der Waals surface area contributed by atoms with Crippen LogP contribution < -0.4 is 0 Å². The summed E-state index contributed by atoms with van der Waals surface area (Å²) in [6, 6.07) is 0. The van der Waals surface area contributed by atoms with Gasteiger partial charge in [0.1, 0.15) is 6.29 Å². The lowest BCUT2D eigenvalue weighted by molar-refractivity contribution is -0.105. The van der Waals surface area contributed by atoms with E-state index in [0.29, 0.717) is 6.42 Å². The monoisotopic (exact) mass is 160 g/mol. The first kappa shape index (κ1) is 7.10. The van der Waals surface area contributed by atoms with Gasteiger partial charge in [0.05, 0.1) is 12.5 Å². The fourth-order valence-corrected chi connectivity index (χ4v) is 1.27. The molecular formula is C10H8O2. The first-order chi connectivity index (χ1) is 5.90. The quantitative estimate of drug-likeness (QED) is 0.547. The Hall–Kier alpha value is -1.57. The summed E-state index contributed by atoms with van der Waals surface area (Å²) in [5.74, 6) is 0. The molecule has 0 spiro atoms. The number of allylic oxidation sites excluding steroid dienone is 6. The van der Waals surface area contributed by atoms with E-state index in [4.69, 9.17) is 4.74 Å². The molecule has 0 bridgehead atoms. The molecule has 0 saturated heterocycles. The van der Waals surface area contributed by atoms with Gasteiger partial charge in [-0.05, 0) is 22.8 Å². The molecule has 1 heterocycles. The highest BCUT2D eigenvalue weighted by Crippen LogP contribution is 2.26. The maximum atomic E-state index is 10.5. The molecule has 1 aliphatic carbocycles. The number of hydrogen-bond donors (Lipinski definition) is 0. The SMILES string of the molecule is O=CC1=CC=C2C=COC=C2C1. The van der Waals surface area contributed by atoms with Crippen LogP contribution >= 0.6 is 0 Å². The molecule has 2 rings (SSSR count). The van der Waals surface area contributed by atoms with E-state index in [0.717, 1.165) is 23.0 Å². The number of hydrogen-bond acceptors (Lipinski definition) is 2. The van der Waals surface area contributed by atoms with Crippen LogP contribution in [-0.2, 0) is 9.53 Å². The number of carbonyl (C=O) groups excluding carboxylic acids is 1. The summed E-state index contributed by atoms with van der Waals surface area (Å²) < 4.78 is 5.01. The minimum Gasteiger partial charge on any atom is -0.472 e. The minimum atomic E-state index is 0.680. The summed E-state index contributed by atoms with van der Waals surface area (Å²) in [5, 5.41) is 0. The van der Waals surface area contributed by atoms with Crippen molar-refractivity contribution in [3.8, 4) is 0 Å². The molecule has 0 aromatic heterocycles. The summed E-state index contributed by atoms with van der Waals surface area (Å²) in [5.41, 5.74) is 3.00. The third-order valence-corrected chi connectivity index (χ3v) is 1.93. The molecule has 0 atom stereocenters. The molecule has 12 heavy (non-hydrogen) atoms. The maximum absolute atomic E-state index is 10.5. The highest BCUT2D eigenvalue weighted by Gasteiger charge is 2.12. The molecule has 2 heteroatoms. The van der Waals surface area contributed by atoms with Gasteiger partial charge in [0.15, 0.2) is 0 Å². The van der Waals surface area contributed by atoms with E-state index in [2.05, 4.69) is 0 Å². The Kier molecular flexibility index (Phi) is 1.67. The summed E-state index contributed by atoms with van der Waals surface area (Å²) in [7, 11) is 0. The normalized spacial score (nSPS) is 19.8. The first-order valence-corrected chi connectivity index (χ1v) is 3.77. The van der Waals surface area contributed by atoms with Crippen LogP contribution in [0.5, 0.6) is 0 Å². The summed E-state index contributed by atoms with van der Waals surface area (Å²) >= 11 is 0. The second-order valence-corrected chi connectivity index (χ2v) is 2.74. The largest absolute Gasteiger partial charge is 0.472 e. The summed E-state index contributed by atoms with van der Waals surface area (Å²) in [6.45, 7) is 0. The zero-order valence-electron chi connectivity index (χ0n) is 6.49. The standard InChI is InChI=1S/C10H8O2/c11-6-8-1-2-9-3-4-12-7-10(9)5-8/h1-4,6-7H,5H2. The van der Waals surface area contributed by atoms with Crippen molar-refractivity contribution in [3.63, 3.8) is 0 Å². The second-order valence-electron chi connectivity index (χ2n) is 2.74. The highest BCUT2D eigenvalue weighted by atomic mass is 16.5. The molecule has 0 amide bonds. The Morgan fingerprint density at radius 2 is 2.33 bits per heavy atom. The Balaban J connectivity index is 2.35. The summed E-state index contributed by atoms with van der Waals surface area (Å²) in [4.78, 5) is 10.5. The van der Waals surface area contributed by atoms with Crippen molar-refractivity contribution in [1.82, 2.24) is 0 Å². The van der Waals surface area contributed by atoms with Gasteiger partial charge >= 0.3 is 0 Å². The van der Waals surface area contributed by atoms with Crippen molar-refractivity contribution in [1.29, 1.82) is 0 Å². The van der Waals surface area contributed by atoms with Gasteiger partial charge < -0.3 is 4.74 Å². The number of carbonyl (C=O) groups is 1. The molecule has 0 unspecified atom stereocenters. The molecule has 0 radical (unpaired) electrons. The average molecular weight is 160 g/mol. The lowest BCUT2D eigenvalue weighted by Gasteiger charge is -2.15. The lowest BCUT2D eigenvalue weighted by Crippen LogP contribution is -2.00. The van der Waals surface area contributed by atoms with Crippen LogP contribution in [0.2, 0.25) is 0 Å². The predicted octanol–water partition coefficient (Wildman–Crippen LogP) is 1.87. The first-order valence-electron chi connectivity index (χ1n) is 3.77. The van der Waals surface area contributed by atoms with E-state index in [9.17, 15) is 4.79 Å². The van der Waals surface area contributed by atoms with Gasteiger partial charge in [0.2, 0.25) is 0 Å². The fraction of sp³-hybridized carbons (Fsp3) is 0.100. The molecule has 2 nitrogen and oxygen atoms in total. The molecule has 2 aliphatic rings. The van der Waals surface area contributed by atoms with Crippen molar-refractivity contribution < 1.29 is 9.53 Å². The van der Waals surface area contributed by atoms with Crippen LogP contribution in [-0.4, -0.2) is 6.29 Å². The minimum absolute atomic E-state index is 0.680. The van der Waals surface area contributed by atoms with E-state index in [1.165, 1.54) is 0 Å². The Bertz CT molecular complexity index is 330. The number of fused-ring (bicyclic) bond motifs is 1. The van der Waals surface area contributed by atoms with Gasteiger partial charge in [-0.3, -0.25) is 4.79 Å². The average Bonchev–Trinajstić information content (AvgIpc) is 2.17. The molecule has 0 saturated carbocycles. The number of rotatable bonds is 1. The van der Waals surface area contributed by atoms with Gasteiger partial charge in [0, 0.05) is 6.42 Å². The van der Waals surface area contributed by atoms with Gasteiger partial charge in [-0.1, -0.05) is 12.2 Å². The molecule has 0 N–H and O–H groups in total. The van der Waals surface area contributed by atoms with Crippen LogP contribution in [0.4, 0.5) is 0 Å². The zero-order valence-corrected chi connectivity index (χ0v) is 6.49. The van der Waals surface area contributed by atoms with Crippen molar-refractivity contribution in [2.24, 2.45) is 0 Å². The molecule has 1 aliphatic heterocycles. The van der Waals surface area contributed by atoms with E-state index in [1.54, 1.807) is 12.5 Å². The Morgan fingerprint density at radius 1 is 1.42 bits per heavy atom. The van der Waals surface area contributed by atoms with Crippen molar-refractivity contribution in [2.75, 3.05) is 0 Å². The maximum Gasteiger partial charge on any atom is 0.146 e. The molecule has 0 aromatic rings. The third-order valence-electron chi connectivity index (χ3n) is 1.93. The van der Waals surface area contributed by atoms with Crippen molar-refractivity contribution in [2.45, 2.75) is 6.42 Å². The number of ether oxygens (including phenoxy) is 1. The van der Waals surface area contributed by atoms with Crippen LogP contribution in [0.1, 0.15) is 6.42 Å². The lowest BCUT2D eigenvalue weighted by atomic mass is 9.94. The van der Waals surface area contributed by atoms with Crippen LogP contribution in [0.15, 0.2) is 47.5 Å². The third kappa shape index (κ3) is 1.11. The molecular weight excluding hydrogens is 152 g/mol. The molecule has 0 aromatic carbocycles. The second kappa shape index (κ2) is 2.81. The van der Waals surface area contributed by atoms with Gasteiger partial charge in [0.25, 0.3) is 0 Å². The van der Waals surface area contributed by atoms with Gasteiger partial charge in [-0.15, -0.1) is 0 Å². The smallest absolute Gasteiger partial charge is 0.146 e. The van der Waals surface area contributed by atoms with Gasteiger partial charge in [-0.2, -0.15) is 0 Å². The topological polar surface area (TPSA) is 26.3 Å². The van der Waals surface area contributed by atoms with Crippen LogP contribution in [0.3, 0.4) is 0 Å². The van der Waals surface area contributed by atoms with E-state index in [1.807, 2.05) is 18.2 Å². The van der Waals surface area contributed by atoms with Crippen molar-refractivity contribution >= 4 is 6.29 Å². The Labute approximate surface area is 70.5 Å². The predicted molar refractivity (Wildman–Crippen MR) is 45.2 cm³/mol. The molecule has 60 valence electrons. The molecule has 0 fully saturated rings. The Morgan fingerprint density at radius 3 is 3.17 bits per heavy atom. The van der Waals surface area contributed by atoms with E-state index < -0.39 is 0 Å². The highest BCUT2D eigenvalue weighted by molar-refractivity contribution is 5.76.